The minimum Gasteiger partial charge on any atom is -0.336 e. The van der Waals surface area contributed by atoms with Gasteiger partial charge in [0.2, 0.25) is 0 Å². The van der Waals surface area contributed by atoms with Gasteiger partial charge in [0, 0.05) is 37.3 Å². The maximum Gasteiger partial charge on any atom is 0.254 e. The summed E-state index contributed by atoms with van der Waals surface area (Å²) in [5.74, 6) is 5.91. The Morgan fingerprint density at radius 3 is 2.65 bits per heavy atom. The summed E-state index contributed by atoms with van der Waals surface area (Å²) >= 11 is 0. The minimum atomic E-state index is 0.104. The highest BCUT2D eigenvalue weighted by Crippen LogP contribution is 2.14. The van der Waals surface area contributed by atoms with E-state index in [-0.39, 0.29) is 5.91 Å². The molecule has 106 valence electrons. The van der Waals surface area contributed by atoms with E-state index in [0.717, 1.165) is 42.9 Å². The first-order valence-corrected chi connectivity index (χ1v) is 6.89. The Balaban J connectivity index is 2.20. The predicted molar refractivity (Wildman–Crippen MR) is 80.5 cm³/mol. The number of amides is 1. The first-order valence-electron chi connectivity index (χ1n) is 6.89. The average molecular weight is 271 g/mol. The Kier molecular flexibility index (Phi) is 4.78. The fourth-order valence-electron chi connectivity index (χ4n) is 2.26. The van der Waals surface area contributed by atoms with Crippen LogP contribution in [0.2, 0.25) is 0 Å². The number of hydrogen-bond acceptors (Lipinski definition) is 3. The number of piperazine rings is 1. The Bertz CT molecular complexity index is 549. The molecule has 1 heterocycles. The molecular weight excluding hydrogens is 250 g/mol. The normalized spacial score (nSPS) is 15.7. The van der Waals surface area contributed by atoms with Crippen LogP contribution < -0.4 is 5.73 Å². The highest BCUT2D eigenvalue weighted by atomic mass is 16.2. The topological polar surface area (TPSA) is 49.6 Å². The molecular formula is C16H21N3O. The summed E-state index contributed by atoms with van der Waals surface area (Å²) < 4.78 is 0. The van der Waals surface area contributed by atoms with Crippen LogP contribution in [-0.2, 0) is 0 Å². The zero-order valence-corrected chi connectivity index (χ0v) is 12.1. The number of likely N-dealkylation sites (N-methyl/N-ethyl adjacent to an activating group) is 1. The molecule has 4 heteroatoms. The maximum atomic E-state index is 12.6. The van der Waals surface area contributed by atoms with Gasteiger partial charge in [-0.15, -0.1) is 0 Å². The second kappa shape index (κ2) is 6.56. The number of rotatable bonds is 1. The Morgan fingerprint density at radius 2 is 2.00 bits per heavy atom. The minimum absolute atomic E-state index is 0.104. The summed E-state index contributed by atoms with van der Waals surface area (Å²) in [4.78, 5) is 16.7. The summed E-state index contributed by atoms with van der Waals surface area (Å²) in [5.41, 5.74) is 7.97. The van der Waals surface area contributed by atoms with Crippen molar-refractivity contribution < 1.29 is 4.79 Å². The monoisotopic (exact) mass is 271 g/mol. The molecule has 0 aliphatic carbocycles. The van der Waals surface area contributed by atoms with Gasteiger partial charge in [-0.3, -0.25) is 4.79 Å². The molecule has 1 aliphatic rings. The third-order valence-corrected chi connectivity index (χ3v) is 3.59. The molecule has 20 heavy (non-hydrogen) atoms. The van der Waals surface area contributed by atoms with Crippen molar-refractivity contribution in [3.8, 4) is 11.8 Å². The second-order valence-electron chi connectivity index (χ2n) is 5.13. The number of benzene rings is 1. The van der Waals surface area contributed by atoms with Crippen molar-refractivity contribution in [2.24, 2.45) is 5.73 Å². The van der Waals surface area contributed by atoms with Crippen LogP contribution in [0.5, 0.6) is 0 Å². The molecule has 0 atom stereocenters. The van der Waals surface area contributed by atoms with Crippen LogP contribution in [-0.4, -0.2) is 55.5 Å². The lowest BCUT2D eigenvalue weighted by molar-refractivity contribution is 0.0663. The molecule has 0 aromatic heterocycles. The maximum absolute atomic E-state index is 12.6. The van der Waals surface area contributed by atoms with Gasteiger partial charge in [-0.1, -0.05) is 17.9 Å². The van der Waals surface area contributed by atoms with Crippen molar-refractivity contribution in [3.05, 3.63) is 34.9 Å². The summed E-state index contributed by atoms with van der Waals surface area (Å²) in [6, 6.07) is 5.75. The van der Waals surface area contributed by atoms with E-state index in [9.17, 15) is 4.79 Å². The van der Waals surface area contributed by atoms with E-state index in [4.69, 9.17) is 5.73 Å². The van der Waals surface area contributed by atoms with Crippen molar-refractivity contribution in [3.63, 3.8) is 0 Å². The van der Waals surface area contributed by atoms with Crippen LogP contribution in [0, 0.1) is 18.8 Å². The number of nitrogens with zero attached hydrogens (tertiary/aromatic N) is 2. The van der Waals surface area contributed by atoms with Gasteiger partial charge in [0.05, 0.1) is 6.54 Å². The van der Waals surface area contributed by atoms with Gasteiger partial charge in [-0.2, -0.15) is 0 Å². The Labute approximate surface area is 120 Å². The SMILES string of the molecule is Cc1ccc(C#CCN)cc1C(=O)N1CCN(C)CC1. The van der Waals surface area contributed by atoms with Crippen LogP contribution >= 0.6 is 0 Å². The third-order valence-electron chi connectivity index (χ3n) is 3.59. The van der Waals surface area contributed by atoms with Gasteiger partial charge >= 0.3 is 0 Å². The van der Waals surface area contributed by atoms with Gasteiger partial charge in [0.25, 0.3) is 5.91 Å². The molecule has 1 fully saturated rings. The fraction of sp³-hybridized carbons (Fsp3) is 0.438. The van der Waals surface area contributed by atoms with E-state index in [2.05, 4.69) is 23.8 Å². The van der Waals surface area contributed by atoms with E-state index in [1.54, 1.807) is 0 Å². The first-order chi connectivity index (χ1) is 9.61. The number of carbonyl (C=O) groups is 1. The van der Waals surface area contributed by atoms with E-state index in [0.29, 0.717) is 6.54 Å². The summed E-state index contributed by atoms with van der Waals surface area (Å²) in [5, 5.41) is 0. The van der Waals surface area contributed by atoms with E-state index in [1.807, 2.05) is 30.0 Å². The van der Waals surface area contributed by atoms with Crippen LogP contribution in [0.25, 0.3) is 0 Å². The molecule has 2 N–H and O–H groups in total. The van der Waals surface area contributed by atoms with Crippen molar-refractivity contribution in [1.29, 1.82) is 0 Å². The molecule has 0 saturated carbocycles. The quantitative estimate of drug-likeness (QED) is 0.765. The largest absolute Gasteiger partial charge is 0.336 e. The molecule has 0 bridgehead atoms. The molecule has 0 spiro atoms. The van der Waals surface area contributed by atoms with E-state index < -0.39 is 0 Å². The zero-order chi connectivity index (χ0) is 14.5. The van der Waals surface area contributed by atoms with Crippen LogP contribution in [0.15, 0.2) is 18.2 Å². The van der Waals surface area contributed by atoms with Crippen molar-refractivity contribution in [2.75, 3.05) is 39.8 Å². The lowest BCUT2D eigenvalue weighted by Crippen LogP contribution is -2.47. The average Bonchev–Trinajstić information content (AvgIpc) is 2.46. The van der Waals surface area contributed by atoms with Crippen LogP contribution in [0.1, 0.15) is 21.5 Å². The fourth-order valence-corrected chi connectivity index (χ4v) is 2.26. The molecule has 0 unspecified atom stereocenters. The Morgan fingerprint density at radius 1 is 1.30 bits per heavy atom. The van der Waals surface area contributed by atoms with Crippen molar-refractivity contribution in [1.82, 2.24) is 9.80 Å². The molecule has 1 aromatic carbocycles. The van der Waals surface area contributed by atoms with E-state index >= 15 is 0 Å². The van der Waals surface area contributed by atoms with Crippen molar-refractivity contribution in [2.45, 2.75) is 6.92 Å². The first kappa shape index (κ1) is 14.6. The molecule has 1 aliphatic heterocycles. The standard InChI is InChI=1S/C16H21N3O/c1-13-5-6-14(4-3-7-17)12-15(13)16(20)19-10-8-18(2)9-11-19/h5-6,12H,7-11,17H2,1-2H3. The van der Waals surface area contributed by atoms with Gasteiger partial charge in [0.1, 0.15) is 0 Å². The summed E-state index contributed by atoms with van der Waals surface area (Å²) in [6.45, 7) is 5.72. The second-order valence-corrected chi connectivity index (χ2v) is 5.13. The zero-order valence-electron chi connectivity index (χ0n) is 12.1. The Hall–Kier alpha value is -1.83. The van der Waals surface area contributed by atoms with Gasteiger partial charge < -0.3 is 15.5 Å². The third kappa shape index (κ3) is 3.38. The summed E-state index contributed by atoms with van der Waals surface area (Å²) in [7, 11) is 2.08. The highest BCUT2D eigenvalue weighted by Gasteiger charge is 2.21. The molecule has 1 aromatic rings. The lowest BCUT2D eigenvalue weighted by atomic mass is 10.0. The molecule has 0 radical (unpaired) electrons. The molecule has 1 amide bonds. The number of aryl methyl sites for hydroxylation is 1. The van der Waals surface area contributed by atoms with E-state index in [1.165, 1.54) is 0 Å². The molecule has 2 rings (SSSR count). The number of nitrogens with two attached hydrogens (primary N) is 1. The smallest absolute Gasteiger partial charge is 0.254 e. The molecule has 4 nitrogen and oxygen atoms in total. The van der Waals surface area contributed by atoms with Gasteiger partial charge in [0.15, 0.2) is 0 Å². The number of carbonyl (C=O) groups excluding carboxylic acids is 1. The highest BCUT2D eigenvalue weighted by molar-refractivity contribution is 5.96. The van der Waals surface area contributed by atoms with Crippen LogP contribution in [0.4, 0.5) is 0 Å². The molecule has 1 saturated heterocycles. The summed E-state index contributed by atoms with van der Waals surface area (Å²) in [6.07, 6.45) is 0. The van der Waals surface area contributed by atoms with Crippen molar-refractivity contribution >= 4 is 5.91 Å². The van der Waals surface area contributed by atoms with Gasteiger partial charge in [-0.05, 0) is 31.7 Å². The lowest BCUT2D eigenvalue weighted by Gasteiger charge is -2.32. The predicted octanol–water partition coefficient (Wildman–Crippen LogP) is 0.693. The van der Waals surface area contributed by atoms with Gasteiger partial charge in [-0.25, -0.2) is 0 Å². The number of hydrogen-bond donors (Lipinski definition) is 1. The van der Waals surface area contributed by atoms with Crippen LogP contribution in [0.3, 0.4) is 0 Å².